The minimum absolute atomic E-state index is 0.0404. The van der Waals surface area contributed by atoms with Gasteiger partial charge in [0.05, 0.1) is 38.9 Å². The van der Waals surface area contributed by atoms with Gasteiger partial charge in [-0.05, 0) is 49.5 Å². The molecule has 1 saturated heterocycles. The number of methoxy groups -OCH3 is 2. The Balaban J connectivity index is 1.44. The Kier molecular flexibility index (Phi) is 12.0. The zero-order chi connectivity index (χ0) is 38.7. The highest BCUT2D eigenvalue weighted by Crippen LogP contribution is 2.42. The van der Waals surface area contributed by atoms with Gasteiger partial charge in [-0.15, -0.1) is 0 Å². The van der Waals surface area contributed by atoms with Crippen molar-refractivity contribution in [2.24, 2.45) is 16.5 Å². The number of carbonyl (C=O) groups excluding carboxylic acids is 5. The molecule has 286 valence electrons. The average molecular weight is 745 g/mol. The summed E-state index contributed by atoms with van der Waals surface area (Å²) in [7, 11) is 2.99. The molecule has 2 aliphatic carbocycles. The van der Waals surface area contributed by atoms with Crippen LogP contribution in [0.4, 0.5) is 0 Å². The van der Waals surface area contributed by atoms with Gasteiger partial charge < -0.3 is 35.2 Å². The lowest BCUT2D eigenvalue weighted by molar-refractivity contribution is -0.145. The number of oxime groups is 1. The van der Waals surface area contributed by atoms with Gasteiger partial charge in [-0.1, -0.05) is 70.1 Å². The number of hydrogen-bond donors (Lipinski definition) is 3. The molecule has 3 fully saturated rings. The largest absolute Gasteiger partial charge is 0.496 e. The van der Waals surface area contributed by atoms with Gasteiger partial charge in [0, 0.05) is 36.9 Å². The molecule has 0 unspecified atom stereocenters. The van der Waals surface area contributed by atoms with E-state index in [1.165, 1.54) is 19.1 Å². The smallest absolute Gasteiger partial charge is 0.289 e. The third kappa shape index (κ3) is 9.19. The maximum absolute atomic E-state index is 14.7. The quantitative estimate of drug-likeness (QED) is 0.235. The van der Waals surface area contributed by atoms with E-state index < -0.39 is 52.6 Å². The van der Waals surface area contributed by atoms with E-state index in [0.717, 1.165) is 44.9 Å². The molecule has 3 N–H and O–H groups in total. The van der Waals surface area contributed by atoms with Crippen LogP contribution in [0.25, 0.3) is 0 Å². The predicted molar refractivity (Wildman–Crippen MR) is 195 cm³/mol. The Morgan fingerprint density at radius 1 is 1.06 bits per heavy atom. The Morgan fingerprint density at radius 2 is 1.75 bits per heavy atom. The molecule has 4 atom stereocenters. The Hall–Kier alpha value is -3.87. The number of benzene rings is 1. The second-order valence-corrected chi connectivity index (χ2v) is 16.1. The van der Waals surface area contributed by atoms with E-state index in [-0.39, 0.29) is 43.7 Å². The van der Waals surface area contributed by atoms with Crippen LogP contribution < -0.4 is 25.4 Å². The lowest BCUT2D eigenvalue weighted by Gasteiger charge is -2.36. The van der Waals surface area contributed by atoms with Crippen molar-refractivity contribution in [2.75, 3.05) is 20.8 Å². The van der Waals surface area contributed by atoms with Crippen molar-refractivity contribution in [1.82, 2.24) is 20.9 Å². The van der Waals surface area contributed by atoms with Crippen molar-refractivity contribution in [3.8, 4) is 11.5 Å². The van der Waals surface area contributed by atoms with Gasteiger partial charge in [-0.2, -0.15) is 0 Å². The molecule has 2 aliphatic heterocycles. The fraction of sp³-hybridized carbons (Fsp3) is 0.684. The Morgan fingerprint density at radius 3 is 2.37 bits per heavy atom. The highest BCUT2D eigenvalue weighted by molar-refractivity contribution is 6.38. The summed E-state index contributed by atoms with van der Waals surface area (Å²) < 4.78 is 20.0. The summed E-state index contributed by atoms with van der Waals surface area (Å²) in [5, 5.41) is 12.9. The van der Waals surface area contributed by atoms with E-state index in [4.69, 9.17) is 27.3 Å². The van der Waals surface area contributed by atoms with Crippen molar-refractivity contribution >= 4 is 46.7 Å². The molecule has 14 heteroatoms. The van der Waals surface area contributed by atoms with Crippen LogP contribution >= 0.6 is 11.6 Å². The number of nitrogens with zero attached hydrogens (tertiary/aromatic N) is 2. The zero-order valence-corrected chi connectivity index (χ0v) is 32.0. The number of rotatable bonds is 14. The van der Waals surface area contributed by atoms with Crippen LogP contribution in [0.1, 0.15) is 112 Å². The van der Waals surface area contributed by atoms with Crippen molar-refractivity contribution < 1.29 is 39.7 Å². The van der Waals surface area contributed by atoms with E-state index in [1.54, 1.807) is 19.1 Å². The molecular formula is C38H54ClN5O8. The van der Waals surface area contributed by atoms with Crippen LogP contribution in [-0.2, 0) is 28.8 Å². The molecule has 2 heterocycles. The maximum Gasteiger partial charge on any atom is 0.289 e. The first-order valence-electron chi connectivity index (χ1n) is 19.0. The first-order chi connectivity index (χ1) is 25.0. The Bertz CT molecular complexity index is 1620. The number of likely N-dealkylation sites (tertiary alicyclic amines) is 1. The standard InChI is InChI=1S/C38H54ClN5O8/c1-7-11-26(32(46)35(48)40-23-14-15-23)41-34(47)28-20-38(19-27(43-52-38)24-17-25(39)30(51-6)18-29(24)50-5)21-44(28)36(49)33(37(2,3)4)42-31(45)16-22-12-9-8-10-13-22/h17-18,22-23,26,28,33H,7-16,19-21H2,1-6H3,(H,40,48)(H,41,47)(H,42,45)/t26-,28-,33+,38+/m0/s1/i26D. The molecule has 1 spiro atoms. The summed E-state index contributed by atoms with van der Waals surface area (Å²) >= 11 is 6.47. The summed E-state index contributed by atoms with van der Waals surface area (Å²) in [6.45, 7) is 7.20. The SMILES string of the molecule is [2H][C@@](CCC)(NC(=O)[C@@H]1C[C@]2(CC(c3cc(Cl)c(OC)cc3OC)=NO2)CN1C(=O)[C@@H](NC(=O)CC1CCCCC1)C(C)(C)C)C(=O)C(=O)NC1CC1. The minimum Gasteiger partial charge on any atom is -0.496 e. The third-order valence-corrected chi connectivity index (χ3v) is 10.7. The fourth-order valence-corrected chi connectivity index (χ4v) is 7.62. The lowest BCUT2D eigenvalue weighted by Crippen LogP contribution is -2.59. The highest BCUT2D eigenvalue weighted by Gasteiger charge is 2.56. The molecular weight excluding hydrogens is 690 g/mol. The molecule has 2 saturated carbocycles. The van der Waals surface area contributed by atoms with E-state index in [2.05, 4.69) is 21.1 Å². The van der Waals surface area contributed by atoms with Crippen molar-refractivity contribution in [2.45, 2.75) is 134 Å². The first kappa shape index (κ1) is 37.9. The van der Waals surface area contributed by atoms with Crippen LogP contribution in [0.2, 0.25) is 5.02 Å². The molecule has 0 bridgehead atoms. The summed E-state index contributed by atoms with van der Waals surface area (Å²) in [4.78, 5) is 76.2. The predicted octanol–water partition coefficient (Wildman–Crippen LogP) is 4.46. The molecule has 13 nitrogen and oxygen atoms in total. The van der Waals surface area contributed by atoms with Crippen LogP contribution in [0.3, 0.4) is 0 Å². The zero-order valence-electron chi connectivity index (χ0n) is 32.2. The van der Waals surface area contributed by atoms with Gasteiger partial charge in [0.25, 0.3) is 5.91 Å². The summed E-state index contributed by atoms with van der Waals surface area (Å²) in [6.07, 6.45) is 7.37. The average Bonchev–Trinajstić information content (AvgIpc) is 3.71. The van der Waals surface area contributed by atoms with Crippen molar-refractivity contribution in [3.05, 3.63) is 22.7 Å². The highest BCUT2D eigenvalue weighted by atomic mass is 35.5. The summed E-state index contributed by atoms with van der Waals surface area (Å²) in [5.74, 6) is -2.43. The van der Waals surface area contributed by atoms with Crippen molar-refractivity contribution in [1.29, 1.82) is 0 Å². The molecule has 0 aromatic heterocycles. The number of amides is 4. The van der Waals surface area contributed by atoms with E-state index in [1.807, 2.05) is 20.8 Å². The molecule has 52 heavy (non-hydrogen) atoms. The normalized spacial score (nSPS) is 23.8. The minimum atomic E-state index is -2.27. The first-order valence-corrected chi connectivity index (χ1v) is 18.8. The van der Waals surface area contributed by atoms with Gasteiger partial charge in [0.2, 0.25) is 23.5 Å². The van der Waals surface area contributed by atoms with Crippen LogP contribution in [0.5, 0.6) is 11.5 Å². The number of Topliss-reactive ketones (excluding diaryl/α,β-unsaturated/α-hetero) is 1. The number of halogens is 1. The number of nitrogens with one attached hydrogen (secondary N) is 3. The van der Waals surface area contributed by atoms with Crippen molar-refractivity contribution in [3.63, 3.8) is 0 Å². The second-order valence-electron chi connectivity index (χ2n) is 15.7. The van der Waals surface area contributed by atoms with Gasteiger partial charge >= 0.3 is 0 Å². The molecule has 0 radical (unpaired) electrons. The van der Waals surface area contributed by atoms with Gasteiger partial charge in [-0.3, -0.25) is 24.0 Å². The van der Waals surface area contributed by atoms with Crippen LogP contribution in [-0.4, -0.2) is 90.5 Å². The van der Waals surface area contributed by atoms with Crippen LogP contribution in [0.15, 0.2) is 17.3 Å². The van der Waals surface area contributed by atoms with E-state index >= 15 is 0 Å². The van der Waals surface area contributed by atoms with Gasteiger partial charge in [-0.25, -0.2) is 0 Å². The number of hydrogen-bond acceptors (Lipinski definition) is 9. The Labute approximate surface area is 312 Å². The lowest BCUT2D eigenvalue weighted by atomic mass is 9.84. The van der Waals surface area contributed by atoms with Crippen LogP contribution in [0, 0.1) is 11.3 Å². The molecule has 1 aromatic rings. The van der Waals surface area contributed by atoms with Gasteiger partial charge in [0.1, 0.15) is 23.6 Å². The van der Waals surface area contributed by atoms with Gasteiger partial charge in [0.15, 0.2) is 5.60 Å². The maximum atomic E-state index is 14.7. The van der Waals surface area contributed by atoms with E-state index in [9.17, 15) is 24.0 Å². The summed E-state index contributed by atoms with van der Waals surface area (Å²) in [5.41, 5.74) is -0.911. The van der Waals surface area contributed by atoms with E-state index in [0.29, 0.717) is 40.6 Å². The fourth-order valence-electron chi connectivity index (χ4n) is 7.38. The third-order valence-electron chi connectivity index (χ3n) is 10.4. The molecule has 4 amide bonds. The number of ketones is 1. The second kappa shape index (κ2) is 16.4. The molecule has 1 aromatic carbocycles. The monoisotopic (exact) mass is 744 g/mol. The molecule has 4 aliphatic rings. The number of carbonyl (C=O) groups is 5. The molecule has 5 rings (SSSR count). The summed E-state index contributed by atoms with van der Waals surface area (Å²) in [6, 6.07) is -1.33. The topological polar surface area (TPSA) is 165 Å². The number of ether oxygens (including phenoxy) is 2.